The maximum Gasteiger partial charge on any atom is 0.416 e. The van der Waals surface area contributed by atoms with E-state index in [0.717, 1.165) is 12.1 Å². The fraction of sp³-hybridized carbons (Fsp3) is 0.235. The fourth-order valence-electron chi connectivity index (χ4n) is 1.96. The molecule has 0 spiro atoms. The molecule has 2 aromatic carbocycles. The number of hydrogen-bond donors (Lipinski definition) is 0. The molecule has 0 heterocycles. The molecule has 0 aliphatic carbocycles. The molecular formula is C17H14F5NO3. The maximum absolute atomic E-state index is 12.5. The number of nitrogens with zero attached hydrogens (tertiary/aromatic N) is 1. The fourth-order valence-corrected chi connectivity index (χ4v) is 1.96. The Kier molecular flexibility index (Phi) is 6.37. The molecule has 0 aromatic heterocycles. The number of ether oxygens (including phenoxy) is 2. The van der Waals surface area contributed by atoms with Gasteiger partial charge in [0.15, 0.2) is 11.5 Å². The number of methoxy groups -OCH3 is 1. The van der Waals surface area contributed by atoms with E-state index < -0.39 is 18.4 Å². The van der Waals surface area contributed by atoms with Crippen molar-refractivity contribution in [3.63, 3.8) is 0 Å². The van der Waals surface area contributed by atoms with Crippen molar-refractivity contribution in [2.45, 2.75) is 19.4 Å². The SMILES string of the molecule is COc1cc(/C=N/OCc2ccc(C(F)(F)F)cc2)ccc1OC(F)F. The van der Waals surface area contributed by atoms with E-state index in [1.54, 1.807) is 0 Å². The number of oxime groups is 1. The number of benzene rings is 2. The van der Waals surface area contributed by atoms with Crippen LogP contribution in [0.5, 0.6) is 11.5 Å². The van der Waals surface area contributed by atoms with E-state index in [-0.39, 0.29) is 18.1 Å². The van der Waals surface area contributed by atoms with Gasteiger partial charge in [-0.1, -0.05) is 17.3 Å². The van der Waals surface area contributed by atoms with Gasteiger partial charge in [0.05, 0.1) is 18.9 Å². The van der Waals surface area contributed by atoms with Gasteiger partial charge in [-0.25, -0.2) is 0 Å². The van der Waals surface area contributed by atoms with Crippen LogP contribution in [-0.4, -0.2) is 19.9 Å². The van der Waals surface area contributed by atoms with E-state index in [0.29, 0.717) is 11.1 Å². The summed E-state index contributed by atoms with van der Waals surface area (Å²) in [7, 11) is 1.30. The number of rotatable bonds is 7. The second-order valence-electron chi connectivity index (χ2n) is 4.99. The Balaban J connectivity index is 1.94. The largest absolute Gasteiger partial charge is 0.493 e. The predicted octanol–water partition coefficient (Wildman–Crippen LogP) is 4.87. The van der Waals surface area contributed by atoms with E-state index in [9.17, 15) is 22.0 Å². The van der Waals surface area contributed by atoms with Gasteiger partial charge >= 0.3 is 12.8 Å². The third-order valence-corrected chi connectivity index (χ3v) is 3.19. The number of hydrogen-bond acceptors (Lipinski definition) is 4. The molecule has 140 valence electrons. The van der Waals surface area contributed by atoms with Crippen LogP contribution >= 0.6 is 0 Å². The summed E-state index contributed by atoms with van der Waals surface area (Å²) in [5, 5.41) is 3.68. The first-order valence-corrected chi connectivity index (χ1v) is 7.24. The van der Waals surface area contributed by atoms with E-state index in [2.05, 4.69) is 9.89 Å². The van der Waals surface area contributed by atoms with Crippen molar-refractivity contribution in [3.05, 3.63) is 59.2 Å². The first kappa shape index (κ1) is 19.5. The number of halogens is 5. The molecule has 0 unspecified atom stereocenters. The average Bonchev–Trinajstić information content (AvgIpc) is 2.59. The third kappa shape index (κ3) is 5.61. The predicted molar refractivity (Wildman–Crippen MR) is 83.5 cm³/mol. The molecule has 2 aromatic rings. The zero-order valence-corrected chi connectivity index (χ0v) is 13.5. The Labute approximate surface area is 145 Å². The van der Waals surface area contributed by atoms with Gasteiger partial charge in [-0.05, 0) is 35.9 Å². The molecule has 4 nitrogen and oxygen atoms in total. The Morgan fingerprint density at radius 1 is 1.04 bits per heavy atom. The topological polar surface area (TPSA) is 40.0 Å². The van der Waals surface area contributed by atoms with Gasteiger partial charge in [-0.3, -0.25) is 0 Å². The molecule has 0 saturated heterocycles. The van der Waals surface area contributed by atoms with Gasteiger partial charge in [-0.2, -0.15) is 22.0 Å². The lowest BCUT2D eigenvalue weighted by atomic mass is 10.1. The van der Waals surface area contributed by atoms with Gasteiger partial charge in [-0.15, -0.1) is 0 Å². The molecule has 0 fully saturated rings. The van der Waals surface area contributed by atoms with Crippen LogP contribution in [0.15, 0.2) is 47.6 Å². The molecule has 26 heavy (non-hydrogen) atoms. The van der Waals surface area contributed by atoms with Gasteiger partial charge < -0.3 is 14.3 Å². The summed E-state index contributed by atoms with van der Waals surface area (Å²) < 4.78 is 71.1. The first-order valence-electron chi connectivity index (χ1n) is 7.24. The molecular weight excluding hydrogens is 361 g/mol. The highest BCUT2D eigenvalue weighted by atomic mass is 19.4. The van der Waals surface area contributed by atoms with E-state index in [1.165, 1.54) is 43.7 Å². The lowest BCUT2D eigenvalue weighted by Gasteiger charge is -2.10. The molecule has 0 aliphatic heterocycles. The van der Waals surface area contributed by atoms with Crippen LogP contribution in [0.4, 0.5) is 22.0 Å². The highest BCUT2D eigenvalue weighted by molar-refractivity contribution is 5.80. The molecule has 2 rings (SSSR count). The van der Waals surface area contributed by atoms with Crippen molar-refractivity contribution in [1.29, 1.82) is 0 Å². The summed E-state index contributed by atoms with van der Waals surface area (Å²) in [5.41, 5.74) is 0.257. The van der Waals surface area contributed by atoms with Crippen molar-refractivity contribution in [2.75, 3.05) is 7.11 Å². The van der Waals surface area contributed by atoms with Crippen molar-refractivity contribution in [1.82, 2.24) is 0 Å². The molecule has 0 bridgehead atoms. The highest BCUT2D eigenvalue weighted by Gasteiger charge is 2.29. The molecule has 0 amide bonds. The summed E-state index contributed by atoms with van der Waals surface area (Å²) in [5.74, 6) is -0.0256. The smallest absolute Gasteiger partial charge is 0.416 e. The normalized spacial score (nSPS) is 11.8. The third-order valence-electron chi connectivity index (χ3n) is 3.19. The Morgan fingerprint density at radius 3 is 2.31 bits per heavy atom. The zero-order chi connectivity index (χ0) is 19.2. The Morgan fingerprint density at radius 2 is 1.73 bits per heavy atom. The molecule has 0 atom stereocenters. The summed E-state index contributed by atoms with van der Waals surface area (Å²) >= 11 is 0. The molecule has 0 radical (unpaired) electrons. The van der Waals surface area contributed by atoms with E-state index in [1.807, 2.05) is 0 Å². The zero-order valence-electron chi connectivity index (χ0n) is 13.5. The first-order chi connectivity index (χ1) is 12.3. The minimum atomic E-state index is -4.39. The quantitative estimate of drug-likeness (QED) is 0.394. The van der Waals surface area contributed by atoms with Crippen LogP contribution < -0.4 is 9.47 Å². The molecule has 0 N–H and O–H groups in total. The second-order valence-corrected chi connectivity index (χ2v) is 4.99. The van der Waals surface area contributed by atoms with Crippen LogP contribution in [0, 0.1) is 0 Å². The van der Waals surface area contributed by atoms with E-state index >= 15 is 0 Å². The van der Waals surface area contributed by atoms with Crippen LogP contribution in [-0.2, 0) is 17.6 Å². The van der Waals surface area contributed by atoms with Gasteiger partial charge in [0.2, 0.25) is 0 Å². The van der Waals surface area contributed by atoms with Crippen LogP contribution in [0.25, 0.3) is 0 Å². The van der Waals surface area contributed by atoms with E-state index in [4.69, 9.17) is 9.57 Å². The standard InChI is InChI=1S/C17H14F5NO3/c1-24-15-8-12(4-7-14(15)26-16(18)19)9-23-25-10-11-2-5-13(6-3-11)17(20,21)22/h2-9,16H,10H2,1H3/b23-9+. The minimum Gasteiger partial charge on any atom is -0.493 e. The summed E-state index contributed by atoms with van der Waals surface area (Å²) in [4.78, 5) is 5.01. The molecule has 0 saturated carbocycles. The monoisotopic (exact) mass is 375 g/mol. The van der Waals surface area contributed by atoms with Crippen molar-refractivity contribution >= 4 is 6.21 Å². The van der Waals surface area contributed by atoms with Gasteiger partial charge in [0.25, 0.3) is 0 Å². The van der Waals surface area contributed by atoms with Crippen LogP contribution in [0.3, 0.4) is 0 Å². The van der Waals surface area contributed by atoms with Gasteiger partial charge in [0.1, 0.15) is 6.61 Å². The minimum absolute atomic E-state index is 0.0294. The average molecular weight is 375 g/mol. The maximum atomic E-state index is 12.5. The number of alkyl halides is 5. The highest BCUT2D eigenvalue weighted by Crippen LogP contribution is 2.30. The van der Waals surface area contributed by atoms with Crippen molar-refractivity contribution in [2.24, 2.45) is 5.16 Å². The molecule has 0 aliphatic rings. The lowest BCUT2D eigenvalue weighted by molar-refractivity contribution is -0.137. The van der Waals surface area contributed by atoms with Crippen molar-refractivity contribution in [3.8, 4) is 11.5 Å². The second kappa shape index (κ2) is 8.50. The Hall–Kier alpha value is -2.84. The van der Waals surface area contributed by atoms with Crippen molar-refractivity contribution < 1.29 is 36.3 Å². The summed E-state index contributed by atoms with van der Waals surface area (Å²) in [6, 6.07) is 8.66. The summed E-state index contributed by atoms with van der Waals surface area (Å²) in [6.07, 6.45) is -3.09. The lowest BCUT2D eigenvalue weighted by Crippen LogP contribution is -2.04. The van der Waals surface area contributed by atoms with Gasteiger partial charge in [0, 0.05) is 5.56 Å². The van der Waals surface area contributed by atoms with Crippen LogP contribution in [0.2, 0.25) is 0 Å². The molecule has 9 heteroatoms. The Bertz CT molecular complexity index is 745. The van der Waals surface area contributed by atoms with Crippen LogP contribution in [0.1, 0.15) is 16.7 Å². The summed E-state index contributed by atoms with van der Waals surface area (Å²) in [6.45, 7) is -3.01.